The van der Waals surface area contributed by atoms with Gasteiger partial charge in [0.15, 0.2) is 0 Å². The summed E-state index contributed by atoms with van der Waals surface area (Å²) in [6.45, 7) is 22.1. The van der Waals surface area contributed by atoms with E-state index in [0.717, 1.165) is 4.90 Å². The molecule has 1 aromatic carbocycles. The number of ether oxygens (including phenoxy) is 4. The van der Waals surface area contributed by atoms with Crippen LogP contribution >= 0.6 is 0 Å². The van der Waals surface area contributed by atoms with Gasteiger partial charge in [0.25, 0.3) is 6.29 Å². The van der Waals surface area contributed by atoms with E-state index in [0.29, 0.717) is 31.4 Å². The normalized spacial score (nSPS) is 19.2. The molecule has 2 rings (SSSR count). The van der Waals surface area contributed by atoms with Gasteiger partial charge in [-0.3, -0.25) is 28.9 Å². The van der Waals surface area contributed by atoms with Crippen LogP contribution in [0.25, 0.3) is 0 Å². The Morgan fingerprint density at radius 2 is 1.41 bits per heavy atom. The first kappa shape index (κ1) is 57.8. The molecule has 17 heteroatoms. The van der Waals surface area contributed by atoms with Gasteiger partial charge in [0.1, 0.15) is 18.1 Å². The Labute approximate surface area is 394 Å². The number of nitrogens with zero attached hydrogens (tertiary/aromatic N) is 3. The number of rotatable bonds is 25. The number of aliphatic hydroxyl groups is 1. The van der Waals surface area contributed by atoms with Crippen molar-refractivity contribution in [2.75, 3.05) is 34.9 Å². The summed E-state index contributed by atoms with van der Waals surface area (Å²) in [6.07, 6.45) is -2.53. The average molecular weight is 933 g/mol. The SMILES string of the molecule is CC[C@H](C)C([C@@H](CC(=O)N1CCC[C@H]1[C@H](OC)[C@@H](C)C(=O)N[C@H](C)[C@@H](O)c1ccccc1)OC)N(C)C(=O)[C@@H](NC(=O)[C@H](C(C)C)N(C)C(=O)OC(OC(=O)[C@@H](N)C(C)C)C(C)C)C(C)C. The van der Waals surface area contributed by atoms with E-state index in [1.807, 2.05) is 45.9 Å². The molecule has 12 atom stereocenters. The Balaban J connectivity index is 2.29. The number of benzene rings is 1. The van der Waals surface area contributed by atoms with Crippen LogP contribution < -0.4 is 16.4 Å². The highest BCUT2D eigenvalue weighted by molar-refractivity contribution is 5.92. The highest BCUT2D eigenvalue weighted by Crippen LogP contribution is 2.30. The molecule has 1 aromatic rings. The molecule has 0 saturated carbocycles. The van der Waals surface area contributed by atoms with E-state index >= 15 is 0 Å². The zero-order valence-corrected chi connectivity index (χ0v) is 42.6. The van der Waals surface area contributed by atoms with E-state index < -0.39 is 102 Å². The zero-order chi connectivity index (χ0) is 50.3. The van der Waals surface area contributed by atoms with Gasteiger partial charge >= 0.3 is 12.1 Å². The van der Waals surface area contributed by atoms with Crippen LogP contribution in [0.15, 0.2) is 30.3 Å². The topological polar surface area (TPSA) is 219 Å². The molecule has 0 bridgehead atoms. The minimum atomic E-state index is -1.26. The largest absolute Gasteiger partial charge is 0.424 e. The quantitative estimate of drug-likeness (QED) is 0.0762. The lowest BCUT2D eigenvalue weighted by molar-refractivity contribution is -0.179. The van der Waals surface area contributed by atoms with Crippen molar-refractivity contribution in [3.8, 4) is 0 Å². The molecule has 66 heavy (non-hydrogen) atoms. The summed E-state index contributed by atoms with van der Waals surface area (Å²) in [5.41, 5.74) is 6.65. The first-order valence-corrected chi connectivity index (χ1v) is 23.7. The van der Waals surface area contributed by atoms with E-state index in [1.165, 1.54) is 21.3 Å². The Morgan fingerprint density at radius 1 is 0.803 bits per heavy atom. The van der Waals surface area contributed by atoms with Crippen molar-refractivity contribution in [2.24, 2.45) is 41.2 Å². The van der Waals surface area contributed by atoms with Gasteiger partial charge < -0.3 is 50.2 Å². The van der Waals surface area contributed by atoms with Crippen LogP contribution in [0.1, 0.15) is 120 Å². The molecule has 0 radical (unpaired) electrons. The fourth-order valence-corrected chi connectivity index (χ4v) is 8.63. The third-order valence-electron chi connectivity index (χ3n) is 13.1. The lowest BCUT2D eigenvalue weighted by Gasteiger charge is -2.41. The Kier molecular flexibility index (Phi) is 23.5. The smallest absolute Gasteiger partial charge is 0.413 e. The van der Waals surface area contributed by atoms with E-state index in [-0.39, 0.29) is 36.0 Å². The van der Waals surface area contributed by atoms with Gasteiger partial charge in [0.2, 0.25) is 23.6 Å². The molecule has 0 spiro atoms. The molecule has 2 unspecified atom stereocenters. The Morgan fingerprint density at radius 3 is 1.91 bits per heavy atom. The van der Waals surface area contributed by atoms with E-state index in [4.69, 9.17) is 24.7 Å². The molecule has 1 aliphatic heterocycles. The molecule has 0 aliphatic carbocycles. The standard InChI is InChI=1S/C49H84N6O11/c1-17-31(10)41(36(63-15)26-37(56)55-25-21-24-35(55)43(64-16)32(11)44(58)51-33(12)42(57)34-22-19-18-20-23-34)53(13)46(60)39(28(4)5)52-45(59)40(29(6)7)54(14)49(62)66-48(30(8)9)65-47(61)38(50)27(2)3/h18-20,22-23,27-33,35-36,38-43,48,57H,17,21,24-26,50H2,1-16H3,(H,51,58)(H,52,59)/t31-,32+,33+,35-,36+,38-,39-,40-,41?,42+,43+,48?/m0/s1. The second kappa shape index (κ2) is 26.9. The van der Waals surface area contributed by atoms with Gasteiger partial charge in [-0.15, -0.1) is 0 Å². The van der Waals surface area contributed by atoms with Gasteiger partial charge in [-0.25, -0.2) is 4.79 Å². The minimum absolute atomic E-state index is 0.0614. The Hall–Kier alpha value is -4.32. The van der Waals surface area contributed by atoms with Crippen molar-refractivity contribution in [2.45, 2.75) is 170 Å². The van der Waals surface area contributed by atoms with Crippen LogP contribution in [0.5, 0.6) is 0 Å². The maximum atomic E-state index is 14.6. The number of likely N-dealkylation sites (N-methyl/N-ethyl adjacent to an activating group) is 2. The van der Waals surface area contributed by atoms with E-state index in [1.54, 1.807) is 84.4 Å². The van der Waals surface area contributed by atoms with Crippen LogP contribution in [0.2, 0.25) is 0 Å². The van der Waals surface area contributed by atoms with Crippen molar-refractivity contribution in [3.05, 3.63) is 35.9 Å². The number of nitrogens with two attached hydrogens (primary N) is 1. The molecule has 1 saturated heterocycles. The Bertz CT molecular complexity index is 1710. The first-order chi connectivity index (χ1) is 30.9. The third-order valence-corrected chi connectivity index (χ3v) is 13.1. The van der Waals surface area contributed by atoms with Crippen molar-refractivity contribution in [3.63, 3.8) is 0 Å². The molecule has 0 aromatic heterocycles. The average Bonchev–Trinajstić information content (AvgIpc) is 3.76. The predicted molar refractivity (Wildman–Crippen MR) is 252 cm³/mol. The molecule has 376 valence electrons. The number of amides is 5. The van der Waals surface area contributed by atoms with Crippen molar-refractivity contribution >= 4 is 35.7 Å². The summed E-state index contributed by atoms with van der Waals surface area (Å²) in [4.78, 5) is 87.3. The summed E-state index contributed by atoms with van der Waals surface area (Å²) >= 11 is 0. The maximum Gasteiger partial charge on any atom is 0.413 e. The molecule has 5 amide bonds. The van der Waals surface area contributed by atoms with Crippen LogP contribution in [-0.2, 0) is 42.9 Å². The van der Waals surface area contributed by atoms with Gasteiger partial charge in [-0.1, -0.05) is 113 Å². The number of methoxy groups -OCH3 is 2. The highest BCUT2D eigenvalue weighted by Gasteiger charge is 2.44. The van der Waals surface area contributed by atoms with Crippen molar-refractivity contribution < 1.29 is 52.8 Å². The minimum Gasteiger partial charge on any atom is -0.424 e. The lowest BCUT2D eigenvalue weighted by atomic mass is 9.89. The van der Waals surface area contributed by atoms with E-state index in [2.05, 4.69) is 10.6 Å². The number of esters is 1. The molecule has 1 aliphatic rings. The van der Waals surface area contributed by atoms with Gasteiger partial charge in [-0.05, 0) is 49.0 Å². The maximum absolute atomic E-state index is 14.6. The summed E-state index contributed by atoms with van der Waals surface area (Å²) < 4.78 is 23.1. The molecular formula is C49H84N6O11. The van der Waals surface area contributed by atoms with Gasteiger partial charge in [0, 0.05) is 40.8 Å². The second-order valence-electron chi connectivity index (χ2n) is 19.5. The predicted octanol–water partition coefficient (Wildman–Crippen LogP) is 4.89. The zero-order valence-electron chi connectivity index (χ0n) is 42.6. The first-order valence-electron chi connectivity index (χ1n) is 23.7. The number of carbonyl (C=O) groups excluding carboxylic acids is 6. The number of carbonyl (C=O) groups is 6. The summed E-state index contributed by atoms with van der Waals surface area (Å²) in [5, 5.41) is 16.7. The van der Waals surface area contributed by atoms with E-state index in [9.17, 15) is 33.9 Å². The fourth-order valence-electron chi connectivity index (χ4n) is 8.63. The molecule has 5 N–H and O–H groups in total. The molecular weight excluding hydrogens is 849 g/mol. The van der Waals surface area contributed by atoms with Crippen LogP contribution in [-0.4, -0.2) is 145 Å². The summed E-state index contributed by atoms with van der Waals surface area (Å²) in [7, 11) is 6.10. The lowest BCUT2D eigenvalue weighted by Crippen LogP contribution is -2.60. The van der Waals surface area contributed by atoms with Crippen LogP contribution in [0, 0.1) is 35.5 Å². The van der Waals surface area contributed by atoms with Crippen molar-refractivity contribution in [1.82, 2.24) is 25.3 Å². The van der Waals surface area contributed by atoms with Crippen LogP contribution in [0.4, 0.5) is 4.79 Å². The highest BCUT2D eigenvalue weighted by atomic mass is 16.7. The monoisotopic (exact) mass is 933 g/mol. The number of hydrogen-bond donors (Lipinski definition) is 4. The summed E-state index contributed by atoms with van der Waals surface area (Å²) in [5.74, 6) is -4.44. The molecule has 1 heterocycles. The van der Waals surface area contributed by atoms with Gasteiger partial charge in [-0.2, -0.15) is 0 Å². The molecule has 1 fully saturated rings. The third kappa shape index (κ3) is 15.4. The molecule has 17 nitrogen and oxygen atoms in total. The number of aliphatic hydroxyl groups excluding tert-OH is 1. The van der Waals surface area contributed by atoms with Crippen molar-refractivity contribution in [1.29, 1.82) is 0 Å². The number of likely N-dealkylation sites (tertiary alicyclic amines) is 1. The number of nitrogens with one attached hydrogen (secondary N) is 2. The van der Waals surface area contributed by atoms with Gasteiger partial charge in [0.05, 0.1) is 48.8 Å². The summed E-state index contributed by atoms with van der Waals surface area (Å²) in [6, 6.07) is 4.51. The number of hydrogen-bond acceptors (Lipinski definition) is 12. The fraction of sp³-hybridized carbons (Fsp3) is 0.755. The van der Waals surface area contributed by atoms with Crippen LogP contribution in [0.3, 0.4) is 0 Å². The second-order valence-corrected chi connectivity index (χ2v) is 19.5.